The zero-order chi connectivity index (χ0) is 17.1. The SMILES string of the molecule is CCC(=O)[O-].CCC(=O)[O-].CCC(=O)[O-].CCC(=O)[O-].[Ru+4]. The van der Waals surface area contributed by atoms with Crippen LogP contribution in [0.5, 0.6) is 0 Å². The van der Waals surface area contributed by atoms with Crippen LogP contribution in [0.15, 0.2) is 0 Å². The molecule has 0 aliphatic rings. The molecule has 124 valence electrons. The molecular formula is C12H20O8Ru. The van der Waals surface area contributed by atoms with Gasteiger partial charge in [0, 0.05) is 23.9 Å². The Labute approximate surface area is 136 Å². The van der Waals surface area contributed by atoms with E-state index in [4.69, 9.17) is 0 Å². The molecule has 0 atom stereocenters. The molecule has 0 bridgehead atoms. The standard InChI is InChI=1S/4C3H6O2.Ru/c4*1-2-3(4)5;/h4*2H2,1H3,(H,4,5);/q;;;;+4/p-4. The largest absolute Gasteiger partial charge is 4.00 e. The summed E-state index contributed by atoms with van der Waals surface area (Å²) in [6.07, 6.45) is 0.444. The van der Waals surface area contributed by atoms with Gasteiger partial charge < -0.3 is 39.6 Å². The monoisotopic (exact) mass is 394 g/mol. The number of aliphatic carboxylic acids is 4. The van der Waals surface area contributed by atoms with Crippen molar-refractivity contribution in [2.75, 3.05) is 0 Å². The molecule has 0 aromatic rings. The maximum atomic E-state index is 9.26. The smallest absolute Gasteiger partial charge is 0.550 e. The summed E-state index contributed by atoms with van der Waals surface area (Å²) in [5.41, 5.74) is 0. The van der Waals surface area contributed by atoms with Gasteiger partial charge in [0.1, 0.15) is 0 Å². The number of hydrogen-bond donors (Lipinski definition) is 0. The van der Waals surface area contributed by atoms with Crippen LogP contribution < -0.4 is 20.4 Å². The third-order valence-corrected chi connectivity index (χ3v) is 1.15. The fourth-order valence-corrected chi connectivity index (χ4v) is 0. The second-order valence-corrected chi connectivity index (χ2v) is 2.90. The van der Waals surface area contributed by atoms with Gasteiger partial charge in [0.25, 0.3) is 0 Å². The van der Waals surface area contributed by atoms with Crippen LogP contribution in [0.1, 0.15) is 53.4 Å². The molecule has 21 heavy (non-hydrogen) atoms. The van der Waals surface area contributed by atoms with Gasteiger partial charge in [-0.1, -0.05) is 27.7 Å². The number of carbonyl (C=O) groups excluding carboxylic acids is 4. The quantitative estimate of drug-likeness (QED) is 0.446. The van der Waals surface area contributed by atoms with Crippen LogP contribution in [0.4, 0.5) is 0 Å². The first-order valence-electron chi connectivity index (χ1n) is 5.88. The van der Waals surface area contributed by atoms with E-state index in [9.17, 15) is 39.6 Å². The predicted molar refractivity (Wildman–Crippen MR) is 61.2 cm³/mol. The van der Waals surface area contributed by atoms with Crippen LogP contribution in [0.2, 0.25) is 0 Å². The van der Waals surface area contributed by atoms with Gasteiger partial charge in [-0.15, -0.1) is 0 Å². The van der Waals surface area contributed by atoms with Crippen molar-refractivity contribution in [3.63, 3.8) is 0 Å². The first-order valence-corrected chi connectivity index (χ1v) is 5.88. The summed E-state index contributed by atoms with van der Waals surface area (Å²) in [5, 5.41) is 37.0. The van der Waals surface area contributed by atoms with Crippen LogP contribution in [-0.2, 0) is 38.7 Å². The molecule has 0 aromatic heterocycles. The van der Waals surface area contributed by atoms with Crippen LogP contribution >= 0.6 is 0 Å². The number of carbonyl (C=O) groups is 4. The first-order chi connectivity index (χ1) is 9.08. The third kappa shape index (κ3) is 119. The Morgan fingerprint density at radius 2 is 0.571 bits per heavy atom. The average Bonchev–Trinajstić information content (AvgIpc) is 2.40. The molecule has 0 aliphatic heterocycles. The first kappa shape index (κ1) is 31.7. The van der Waals surface area contributed by atoms with E-state index >= 15 is 0 Å². The normalized spacial score (nSPS) is 7.05. The molecule has 0 saturated heterocycles. The van der Waals surface area contributed by atoms with E-state index in [0.29, 0.717) is 0 Å². The third-order valence-electron chi connectivity index (χ3n) is 1.15. The summed E-state index contributed by atoms with van der Waals surface area (Å²) < 4.78 is 0. The molecule has 0 aromatic carbocycles. The van der Waals surface area contributed by atoms with E-state index in [1.165, 1.54) is 27.7 Å². The number of rotatable bonds is 4. The minimum absolute atomic E-state index is 0. The molecule has 0 amide bonds. The Bertz CT molecular complexity index is 222. The van der Waals surface area contributed by atoms with E-state index in [1.807, 2.05) is 0 Å². The fraction of sp³-hybridized carbons (Fsp3) is 0.667. The van der Waals surface area contributed by atoms with Crippen molar-refractivity contribution in [2.24, 2.45) is 0 Å². The molecule has 0 rings (SSSR count). The van der Waals surface area contributed by atoms with Gasteiger partial charge in [0.15, 0.2) is 0 Å². The fourth-order valence-electron chi connectivity index (χ4n) is 0. The van der Waals surface area contributed by atoms with Crippen molar-refractivity contribution in [1.82, 2.24) is 0 Å². The van der Waals surface area contributed by atoms with E-state index in [2.05, 4.69) is 0 Å². The van der Waals surface area contributed by atoms with E-state index < -0.39 is 23.9 Å². The Hall–Kier alpha value is -1.50. The van der Waals surface area contributed by atoms with Gasteiger partial charge in [0.05, 0.1) is 0 Å². The van der Waals surface area contributed by atoms with E-state index in [1.54, 1.807) is 0 Å². The van der Waals surface area contributed by atoms with E-state index in [0.717, 1.165) is 0 Å². The minimum atomic E-state index is -0.995. The molecular weight excluding hydrogens is 373 g/mol. The van der Waals surface area contributed by atoms with Crippen molar-refractivity contribution in [3.8, 4) is 0 Å². The summed E-state index contributed by atoms with van der Waals surface area (Å²) in [6.45, 7) is 6.15. The van der Waals surface area contributed by atoms with Crippen LogP contribution in [0, 0.1) is 0 Å². The molecule has 0 saturated carbocycles. The van der Waals surface area contributed by atoms with Gasteiger partial charge in [0.2, 0.25) is 0 Å². The second kappa shape index (κ2) is 26.9. The molecule has 0 unspecified atom stereocenters. The molecule has 0 radical (unpaired) electrons. The molecule has 0 spiro atoms. The van der Waals surface area contributed by atoms with Gasteiger partial charge in [-0.05, 0) is 25.7 Å². The Balaban J connectivity index is -0.0000000533. The summed E-state index contributed by atoms with van der Waals surface area (Å²) in [7, 11) is 0. The Kier molecular flexibility index (Phi) is 40.7. The van der Waals surface area contributed by atoms with Crippen LogP contribution in [0.25, 0.3) is 0 Å². The Morgan fingerprint density at radius 3 is 0.571 bits per heavy atom. The zero-order valence-corrected chi connectivity index (χ0v) is 14.2. The number of carboxylic acids is 4. The summed E-state index contributed by atoms with van der Waals surface area (Å²) in [5.74, 6) is -3.98. The summed E-state index contributed by atoms with van der Waals surface area (Å²) in [4.78, 5) is 37.0. The van der Waals surface area contributed by atoms with Gasteiger partial charge in [-0.25, -0.2) is 0 Å². The van der Waals surface area contributed by atoms with E-state index in [-0.39, 0.29) is 45.2 Å². The van der Waals surface area contributed by atoms with Gasteiger partial charge >= 0.3 is 19.5 Å². The van der Waals surface area contributed by atoms with Gasteiger partial charge in [-0.3, -0.25) is 0 Å². The molecule has 0 N–H and O–H groups in total. The van der Waals surface area contributed by atoms with Gasteiger partial charge in [-0.2, -0.15) is 0 Å². The minimum Gasteiger partial charge on any atom is -0.550 e. The van der Waals surface area contributed by atoms with Crippen LogP contribution in [0.3, 0.4) is 0 Å². The van der Waals surface area contributed by atoms with Crippen molar-refractivity contribution in [3.05, 3.63) is 0 Å². The van der Waals surface area contributed by atoms with Crippen LogP contribution in [-0.4, -0.2) is 23.9 Å². The maximum absolute atomic E-state index is 9.26. The molecule has 0 heterocycles. The topological polar surface area (TPSA) is 161 Å². The average molecular weight is 393 g/mol. The molecule has 0 aliphatic carbocycles. The summed E-state index contributed by atoms with van der Waals surface area (Å²) >= 11 is 0. The summed E-state index contributed by atoms with van der Waals surface area (Å²) in [6, 6.07) is 0. The van der Waals surface area contributed by atoms with Crippen molar-refractivity contribution in [1.29, 1.82) is 0 Å². The second-order valence-electron chi connectivity index (χ2n) is 2.90. The zero-order valence-electron chi connectivity index (χ0n) is 12.4. The Morgan fingerprint density at radius 1 is 0.524 bits per heavy atom. The van der Waals surface area contributed by atoms with Crippen molar-refractivity contribution >= 4 is 23.9 Å². The number of hydrogen-bond acceptors (Lipinski definition) is 8. The molecule has 9 heteroatoms. The number of carboxylic acid groups (broad SMARTS) is 4. The molecule has 0 fully saturated rings. The predicted octanol–water partition coefficient (Wildman–Crippen LogP) is -3.42. The molecule has 8 nitrogen and oxygen atoms in total. The maximum Gasteiger partial charge on any atom is 4.00 e. The van der Waals surface area contributed by atoms with Crippen molar-refractivity contribution in [2.45, 2.75) is 53.4 Å². The van der Waals surface area contributed by atoms with Crippen molar-refractivity contribution < 1.29 is 59.1 Å².